The average Bonchev–Trinajstić information content (AvgIpc) is 2.58. The summed E-state index contributed by atoms with van der Waals surface area (Å²) in [5.41, 5.74) is 2.22. The van der Waals surface area contributed by atoms with Gasteiger partial charge in [-0.1, -0.05) is 25.1 Å². The molecule has 1 aliphatic heterocycles. The minimum absolute atomic E-state index is 0.270. The van der Waals surface area contributed by atoms with E-state index in [1.807, 2.05) is 39.0 Å². The fourth-order valence-corrected chi connectivity index (χ4v) is 2.15. The normalized spacial score (nSPS) is 23.5. The van der Waals surface area contributed by atoms with E-state index in [9.17, 15) is 9.59 Å². The number of imide groups is 1. The van der Waals surface area contributed by atoms with E-state index in [-0.39, 0.29) is 5.91 Å². The second-order valence-corrected chi connectivity index (χ2v) is 4.47. The van der Waals surface area contributed by atoms with E-state index in [4.69, 9.17) is 0 Å². The second kappa shape index (κ2) is 3.87. The Kier molecular flexibility index (Phi) is 2.65. The van der Waals surface area contributed by atoms with E-state index >= 15 is 0 Å². The summed E-state index contributed by atoms with van der Waals surface area (Å²) in [6, 6.07) is 5.41. The number of aryl methyl sites for hydroxylation is 2. The fourth-order valence-electron chi connectivity index (χ4n) is 2.15. The first-order chi connectivity index (χ1) is 7.99. The van der Waals surface area contributed by atoms with E-state index in [0.717, 1.165) is 11.1 Å². The molecule has 1 saturated heterocycles. The highest BCUT2D eigenvalue weighted by atomic mass is 16.2. The summed E-state index contributed by atoms with van der Waals surface area (Å²) < 4.78 is 0. The van der Waals surface area contributed by atoms with Gasteiger partial charge < -0.3 is 5.32 Å². The van der Waals surface area contributed by atoms with Crippen LogP contribution in [0.25, 0.3) is 0 Å². The quantitative estimate of drug-likeness (QED) is 0.763. The van der Waals surface area contributed by atoms with E-state index in [0.29, 0.717) is 6.42 Å². The molecule has 4 heteroatoms. The summed E-state index contributed by atoms with van der Waals surface area (Å²) in [6.45, 7) is 5.91. The Bertz CT molecular complexity index is 496. The summed E-state index contributed by atoms with van der Waals surface area (Å²) in [6.07, 6.45) is 0.535. The number of amides is 3. The standard InChI is InChI=1S/C13H16N2O2/c1-4-13(11(16)14-12(17)15-13)10-6-5-8(2)9(3)7-10/h5-7H,4H2,1-3H3,(H2,14,15,16,17)/t13-/m1/s1. The Morgan fingerprint density at radius 2 is 1.88 bits per heavy atom. The van der Waals surface area contributed by atoms with E-state index in [1.165, 1.54) is 5.56 Å². The number of hydrogen-bond donors (Lipinski definition) is 2. The van der Waals surface area contributed by atoms with Crippen LogP contribution in [0.4, 0.5) is 4.79 Å². The van der Waals surface area contributed by atoms with Crippen LogP contribution in [0.2, 0.25) is 0 Å². The van der Waals surface area contributed by atoms with Crippen LogP contribution in [-0.4, -0.2) is 11.9 Å². The molecule has 4 nitrogen and oxygen atoms in total. The smallest absolute Gasteiger partial charge is 0.319 e. The van der Waals surface area contributed by atoms with Gasteiger partial charge in [0.15, 0.2) is 0 Å². The molecule has 0 bridgehead atoms. The molecule has 0 radical (unpaired) electrons. The number of hydrogen-bond acceptors (Lipinski definition) is 2. The monoisotopic (exact) mass is 232 g/mol. The third-order valence-corrected chi connectivity index (χ3v) is 3.47. The molecule has 1 fully saturated rings. The molecule has 0 aromatic heterocycles. The van der Waals surface area contributed by atoms with Gasteiger partial charge in [0.2, 0.25) is 0 Å². The van der Waals surface area contributed by atoms with Gasteiger partial charge in [0.05, 0.1) is 0 Å². The Morgan fingerprint density at radius 1 is 1.18 bits per heavy atom. The predicted octanol–water partition coefficient (Wildman–Crippen LogP) is 1.75. The molecule has 3 amide bonds. The van der Waals surface area contributed by atoms with Crippen molar-refractivity contribution in [2.75, 3.05) is 0 Å². The minimum Gasteiger partial charge on any atom is -0.319 e. The Hall–Kier alpha value is -1.84. The summed E-state index contributed by atoms with van der Waals surface area (Å²) in [5.74, 6) is -0.270. The van der Waals surface area contributed by atoms with E-state index in [2.05, 4.69) is 10.6 Å². The van der Waals surface area contributed by atoms with Crippen LogP contribution in [0.5, 0.6) is 0 Å². The maximum Gasteiger partial charge on any atom is 0.322 e. The maximum atomic E-state index is 11.9. The average molecular weight is 232 g/mol. The lowest BCUT2D eigenvalue weighted by Crippen LogP contribution is -2.43. The zero-order chi connectivity index (χ0) is 12.6. The van der Waals surface area contributed by atoms with Gasteiger partial charge in [0.1, 0.15) is 5.54 Å². The lowest BCUT2D eigenvalue weighted by atomic mass is 9.86. The van der Waals surface area contributed by atoms with Crippen LogP contribution in [0.15, 0.2) is 18.2 Å². The lowest BCUT2D eigenvalue weighted by molar-refractivity contribution is -0.124. The molecule has 1 atom stereocenters. The molecule has 1 aromatic rings. The molecule has 1 aromatic carbocycles. The van der Waals surface area contributed by atoms with Gasteiger partial charge in [0.25, 0.3) is 5.91 Å². The van der Waals surface area contributed by atoms with Crippen LogP contribution in [0.3, 0.4) is 0 Å². The SMILES string of the molecule is CC[C@]1(c2ccc(C)c(C)c2)NC(=O)NC1=O. The molecule has 0 spiro atoms. The number of benzene rings is 1. The molecule has 2 rings (SSSR count). The summed E-state index contributed by atoms with van der Waals surface area (Å²) in [4.78, 5) is 23.3. The van der Waals surface area contributed by atoms with Gasteiger partial charge >= 0.3 is 6.03 Å². The summed E-state index contributed by atoms with van der Waals surface area (Å²) >= 11 is 0. The number of nitrogens with one attached hydrogen (secondary N) is 2. The van der Waals surface area contributed by atoms with Crippen molar-refractivity contribution in [3.8, 4) is 0 Å². The first-order valence-electron chi connectivity index (χ1n) is 5.71. The van der Waals surface area contributed by atoms with Gasteiger partial charge in [-0.2, -0.15) is 0 Å². The first-order valence-corrected chi connectivity index (χ1v) is 5.71. The fraction of sp³-hybridized carbons (Fsp3) is 0.385. The third-order valence-electron chi connectivity index (χ3n) is 3.47. The molecule has 2 N–H and O–H groups in total. The van der Waals surface area contributed by atoms with Crippen LogP contribution in [0, 0.1) is 13.8 Å². The Balaban J connectivity index is 2.52. The van der Waals surface area contributed by atoms with Gasteiger partial charge in [-0.05, 0) is 37.0 Å². The first kappa shape index (κ1) is 11.6. The van der Waals surface area contributed by atoms with Crippen LogP contribution in [-0.2, 0) is 10.3 Å². The van der Waals surface area contributed by atoms with Crippen molar-refractivity contribution >= 4 is 11.9 Å². The van der Waals surface area contributed by atoms with Crippen LogP contribution < -0.4 is 10.6 Å². The summed E-state index contributed by atoms with van der Waals surface area (Å²) in [7, 11) is 0. The van der Waals surface area contributed by atoms with Crippen molar-refractivity contribution < 1.29 is 9.59 Å². The highest BCUT2D eigenvalue weighted by Crippen LogP contribution is 2.29. The minimum atomic E-state index is -0.907. The molecule has 17 heavy (non-hydrogen) atoms. The lowest BCUT2D eigenvalue weighted by Gasteiger charge is -2.25. The van der Waals surface area contributed by atoms with Crippen molar-refractivity contribution in [2.24, 2.45) is 0 Å². The van der Waals surface area contributed by atoms with Gasteiger partial charge in [0, 0.05) is 0 Å². The van der Waals surface area contributed by atoms with Crippen molar-refractivity contribution in [3.05, 3.63) is 34.9 Å². The number of carbonyl (C=O) groups excluding carboxylic acids is 2. The molecule has 1 heterocycles. The zero-order valence-electron chi connectivity index (χ0n) is 10.3. The van der Waals surface area contributed by atoms with Gasteiger partial charge in [-0.15, -0.1) is 0 Å². The molecule has 1 aliphatic rings. The van der Waals surface area contributed by atoms with Crippen LogP contribution >= 0.6 is 0 Å². The van der Waals surface area contributed by atoms with Crippen molar-refractivity contribution in [1.29, 1.82) is 0 Å². The van der Waals surface area contributed by atoms with E-state index in [1.54, 1.807) is 0 Å². The summed E-state index contributed by atoms with van der Waals surface area (Å²) in [5, 5.41) is 5.03. The zero-order valence-corrected chi connectivity index (χ0v) is 10.3. The maximum absolute atomic E-state index is 11.9. The van der Waals surface area contributed by atoms with Crippen molar-refractivity contribution in [1.82, 2.24) is 10.6 Å². The second-order valence-electron chi connectivity index (χ2n) is 4.47. The highest BCUT2D eigenvalue weighted by molar-refractivity contribution is 6.07. The number of rotatable bonds is 2. The van der Waals surface area contributed by atoms with Gasteiger partial charge in [-0.25, -0.2) is 4.79 Å². The topological polar surface area (TPSA) is 58.2 Å². The van der Waals surface area contributed by atoms with Gasteiger partial charge in [-0.3, -0.25) is 10.1 Å². The third kappa shape index (κ3) is 1.69. The van der Waals surface area contributed by atoms with Crippen molar-refractivity contribution in [2.45, 2.75) is 32.7 Å². The molecule has 90 valence electrons. The Morgan fingerprint density at radius 3 is 2.35 bits per heavy atom. The number of urea groups is 1. The molecule has 0 saturated carbocycles. The largest absolute Gasteiger partial charge is 0.322 e. The van der Waals surface area contributed by atoms with E-state index < -0.39 is 11.6 Å². The highest BCUT2D eigenvalue weighted by Gasteiger charge is 2.46. The van der Waals surface area contributed by atoms with Crippen LogP contribution in [0.1, 0.15) is 30.0 Å². The number of carbonyl (C=O) groups is 2. The molecular weight excluding hydrogens is 216 g/mol. The molecule has 0 unspecified atom stereocenters. The van der Waals surface area contributed by atoms with Crippen molar-refractivity contribution in [3.63, 3.8) is 0 Å². The molecule has 0 aliphatic carbocycles. The predicted molar refractivity (Wildman–Crippen MR) is 64.6 cm³/mol. The molecular formula is C13H16N2O2. The Labute approximate surface area is 100 Å².